The first-order valence-electron chi connectivity index (χ1n) is 9.77. The Balaban J connectivity index is 1.35. The van der Waals surface area contributed by atoms with Crippen LogP contribution in [0.25, 0.3) is 0 Å². The van der Waals surface area contributed by atoms with Crippen LogP contribution in [0.15, 0.2) is 29.4 Å². The highest BCUT2D eigenvalue weighted by molar-refractivity contribution is 5.80. The van der Waals surface area contributed by atoms with Crippen LogP contribution in [0.5, 0.6) is 0 Å². The average molecular weight is 368 g/mol. The Labute approximate surface area is 160 Å². The number of aliphatic imine (C=N–C) groups is 1. The molecular weight excluding hydrogens is 340 g/mol. The van der Waals surface area contributed by atoms with Crippen LogP contribution in [-0.2, 0) is 13.6 Å². The van der Waals surface area contributed by atoms with Crippen molar-refractivity contribution in [1.82, 2.24) is 30.4 Å². The van der Waals surface area contributed by atoms with Crippen molar-refractivity contribution < 1.29 is 0 Å². The van der Waals surface area contributed by atoms with E-state index in [1.807, 2.05) is 36.9 Å². The molecule has 0 amide bonds. The number of hydrogen-bond donors (Lipinski definition) is 2. The molecule has 0 aromatic carbocycles. The third kappa shape index (κ3) is 4.56. The summed E-state index contributed by atoms with van der Waals surface area (Å²) in [6.45, 7) is 4.51. The van der Waals surface area contributed by atoms with Crippen LogP contribution in [0.1, 0.15) is 37.3 Å². The van der Waals surface area contributed by atoms with Gasteiger partial charge < -0.3 is 20.1 Å². The van der Waals surface area contributed by atoms with Gasteiger partial charge in [0.25, 0.3) is 0 Å². The Hall–Kier alpha value is -2.64. The van der Waals surface area contributed by atoms with Crippen LogP contribution < -0.4 is 15.5 Å². The topological polar surface area (TPSA) is 83.3 Å². The van der Waals surface area contributed by atoms with Gasteiger partial charge in [-0.15, -0.1) is 10.2 Å². The number of pyridine rings is 1. The zero-order chi connectivity index (χ0) is 18.6. The highest BCUT2D eigenvalue weighted by Gasteiger charge is 2.25. The van der Waals surface area contributed by atoms with Crippen LogP contribution in [0.4, 0.5) is 5.82 Å². The van der Waals surface area contributed by atoms with Crippen molar-refractivity contribution in [1.29, 1.82) is 0 Å². The maximum Gasteiger partial charge on any atom is 0.192 e. The second-order valence-corrected chi connectivity index (χ2v) is 7.40. The molecule has 1 saturated carbocycles. The summed E-state index contributed by atoms with van der Waals surface area (Å²) in [6.07, 6.45) is 6.46. The number of piperidine rings is 1. The first kappa shape index (κ1) is 17.8. The molecule has 0 unspecified atom stereocenters. The van der Waals surface area contributed by atoms with Crippen LogP contribution in [0.2, 0.25) is 0 Å². The molecule has 4 rings (SSSR count). The van der Waals surface area contributed by atoms with E-state index in [9.17, 15) is 0 Å². The molecule has 2 fully saturated rings. The van der Waals surface area contributed by atoms with Crippen LogP contribution in [0, 0.1) is 6.92 Å². The Kier molecular flexibility index (Phi) is 5.22. The van der Waals surface area contributed by atoms with Crippen LogP contribution in [0.3, 0.4) is 0 Å². The number of nitrogens with one attached hydrogen (secondary N) is 2. The lowest BCUT2D eigenvalue weighted by atomic mass is 10.1. The number of rotatable bonds is 5. The van der Waals surface area contributed by atoms with E-state index in [-0.39, 0.29) is 0 Å². The summed E-state index contributed by atoms with van der Waals surface area (Å²) in [6, 6.07) is 7.08. The first-order chi connectivity index (χ1) is 13.2. The maximum absolute atomic E-state index is 4.76. The zero-order valence-electron chi connectivity index (χ0n) is 16.1. The molecule has 1 saturated heterocycles. The van der Waals surface area contributed by atoms with E-state index in [1.165, 1.54) is 12.8 Å². The van der Waals surface area contributed by atoms with Gasteiger partial charge in [0.05, 0.1) is 0 Å². The second-order valence-electron chi connectivity index (χ2n) is 7.40. The van der Waals surface area contributed by atoms with Crippen molar-refractivity contribution in [3.63, 3.8) is 0 Å². The lowest BCUT2D eigenvalue weighted by Gasteiger charge is -2.33. The number of nitrogens with zero attached hydrogens (tertiary/aromatic N) is 6. The maximum atomic E-state index is 4.76. The summed E-state index contributed by atoms with van der Waals surface area (Å²) in [5.41, 5.74) is 0. The number of anilines is 1. The van der Waals surface area contributed by atoms with Gasteiger partial charge in [-0.3, -0.25) is 0 Å². The molecule has 2 aliphatic rings. The van der Waals surface area contributed by atoms with Gasteiger partial charge in [0, 0.05) is 38.4 Å². The molecule has 2 aromatic heterocycles. The second kappa shape index (κ2) is 7.94. The van der Waals surface area contributed by atoms with Crippen molar-refractivity contribution in [3.8, 4) is 0 Å². The quantitative estimate of drug-likeness (QED) is 0.613. The fraction of sp³-hybridized carbons (Fsp3) is 0.579. The number of hydrogen-bond acceptors (Lipinski definition) is 5. The molecule has 27 heavy (non-hydrogen) atoms. The van der Waals surface area contributed by atoms with E-state index >= 15 is 0 Å². The summed E-state index contributed by atoms with van der Waals surface area (Å²) in [7, 11) is 1.98. The summed E-state index contributed by atoms with van der Waals surface area (Å²) < 4.78 is 1.99. The monoisotopic (exact) mass is 368 g/mol. The summed E-state index contributed by atoms with van der Waals surface area (Å²) in [4.78, 5) is 11.6. The molecule has 0 radical (unpaired) electrons. The number of guanidine groups is 1. The SMILES string of the molecule is Cc1nnc(CN=C(NC2CC2)NC2CCN(c3ccccn3)CC2)n1C. The van der Waals surface area contributed by atoms with E-state index in [1.54, 1.807) is 0 Å². The molecule has 1 aliphatic carbocycles. The summed E-state index contributed by atoms with van der Waals surface area (Å²) in [5, 5.41) is 15.5. The van der Waals surface area contributed by atoms with E-state index in [0.717, 1.165) is 49.4 Å². The van der Waals surface area contributed by atoms with Gasteiger partial charge in [-0.25, -0.2) is 9.98 Å². The van der Waals surface area contributed by atoms with E-state index < -0.39 is 0 Å². The van der Waals surface area contributed by atoms with Gasteiger partial charge in [-0.05, 0) is 44.7 Å². The van der Waals surface area contributed by atoms with E-state index in [0.29, 0.717) is 18.6 Å². The zero-order valence-corrected chi connectivity index (χ0v) is 16.1. The van der Waals surface area contributed by atoms with Crippen molar-refractivity contribution in [3.05, 3.63) is 36.0 Å². The molecule has 2 N–H and O–H groups in total. The van der Waals surface area contributed by atoms with Crippen molar-refractivity contribution >= 4 is 11.8 Å². The number of aromatic nitrogens is 4. The fourth-order valence-electron chi connectivity index (χ4n) is 3.28. The van der Waals surface area contributed by atoms with Crippen molar-refractivity contribution in [2.24, 2.45) is 12.0 Å². The molecule has 144 valence electrons. The molecule has 2 aromatic rings. The molecule has 3 heterocycles. The Morgan fingerprint density at radius 2 is 1.85 bits per heavy atom. The summed E-state index contributed by atoms with van der Waals surface area (Å²) in [5.74, 6) is 3.76. The van der Waals surface area contributed by atoms with Crippen molar-refractivity contribution in [2.75, 3.05) is 18.0 Å². The highest BCUT2D eigenvalue weighted by atomic mass is 15.3. The van der Waals surface area contributed by atoms with Gasteiger partial charge in [0.15, 0.2) is 11.8 Å². The minimum Gasteiger partial charge on any atom is -0.356 e. The first-order valence-corrected chi connectivity index (χ1v) is 9.77. The minimum absolute atomic E-state index is 0.427. The molecule has 0 atom stereocenters. The lowest BCUT2D eigenvalue weighted by molar-refractivity contribution is 0.459. The highest BCUT2D eigenvalue weighted by Crippen LogP contribution is 2.20. The molecule has 8 nitrogen and oxygen atoms in total. The largest absolute Gasteiger partial charge is 0.356 e. The average Bonchev–Trinajstić information content (AvgIpc) is 3.46. The van der Waals surface area contributed by atoms with E-state index in [2.05, 4.69) is 36.8 Å². The molecule has 0 bridgehead atoms. The van der Waals surface area contributed by atoms with Gasteiger partial charge in [0.1, 0.15) is 18.2 Å². The molecule has 1 aliphatic heterocycles. The molecule has 8 heteroatoms. The normalized spacial score (nSPS) is 18.6. The fourth-order valence-corrected chi connectivity index (χ4v) is 3.28. The number of aryl methyl sites for hydroxylation is 1. The Bertz CT molecular complexity index is 772. The summed E-state index contributed by atoms with van der Waals surface area (Å²) >= 11 is 0. The van der Waals surface area contributed by atoms with Crippen molar-refractivity contribution in [2.45, 2.75) is 51.2 Å². The lowest BCUT2D eigenvalue weighted by Crippen LogP contribution is -2.49. The van der Waals surface area contributed by atoms with Gasteiger partial charge in [-0.1, -0.05) is 6.07 Å². The van der Waals surface area contributed by atoms with Gasteiger partial charge in [0.2, 0.25) is 0 Å². The predicted molar refractivity (Wildman–Crippen MR) is 106 cm³/mol. The molecular formula is C19H28N8. The van der Waals surface area contributed by atoms with E-state index in [4.69, 9.17) is 4.99 Å². The standard InChI is InChI=1S/C19H28N8/c1-14-24-25-18(26(14)2)13-21-19(22-15-6-7-15)23-16-8-11-27(12-9-16)17-5-3-4-10-20-17/h3-5,10,15-16H,6-9,11-13H2,1-2H3,(H2,21,22,23). The molecule has 0 spiro atoms. The van der Waals surface area contributed by atoms with Crippen LogP contribution >= 0.6 is 0 Å². The third-order valence-electron chi connectivity index (χ3n) is 5.29. The minimum atomic E-state index is 0.427. The Morgan fingerprint density at radius 1 is 1.11 bits per heavy atom. The Morgan fingerprint density at radius 3 is 2.44 bits per heavy atom. The van der Waals surface area contributed by atoms with Gasteiger partial charge >= 0.3 is 0 Å². The van der Waals surface area contributed by atoms with Gasteiger partial charge in [-0.2, -0.15) is 0 Å². The predicted octanol–water partition coefficient (Wildman–Crippen LogP) is 1.39. The smallest absolute Gasteiger partial charge is 0.192 e. The van der Waals surface area contributed by atoms with Crippen LogP contribution in [-0.4, -0.2) is 50.9 Å². The third-order valence-corrected chi connectivity index (χ3v) is 5.29.